The van der Waals surface area contributed by atoms with Crippen LogP contribution in [0, 0.1) is 19.1 Å². The molecule has 0 fully saturated rings. The SMILES string of the molecule is CC(=O)c1ccc(C)c2c1ccc[n+]2C#CO. The number of aromatic nitrogens is 1. The van der Waals surface area contributed by atoms with Crippen molar-refractivity contribution >= 4 is 16.7 Å². The maximum absolute atomic E-state index is 11.5. The van der Waals surface area contributed by atoms with Crippen LogP contribution in [0.5, 0.6) is 0 Å². The molecule has 0 amide bonds. The molecule has 0 spiro atoms. The summed E-state index contributed by atoms with van der Waals surface area (Å²) in [7, 11) is 0. The Balaban J connectivity index is 2.93. The molecule has 1 N–H and O–H groups in total. The van der Waals surface area contributed by atoms with Crippen LogP contribution in [0.25, 0.3) is 10.9 Å². The topological polar surface area (TPSA) is 41.2 Å². The summed E-state index contributed by atoms with van der Waals surface area (Å²) in [5.41, 5.74) is 2.52. The van der Waals surface area contributed by atoms with Crippen LogP contribution >= 0.6 is 0 Å². The number of fused-ring (bicyclic) bond motifs is 1. The number of aliphatic hydroxyl groups is 1. The van der Waals surface area contributed by atoms with E-state index in [1.54, 1.807) is 23.8 Å². The van der Waals surface area contributed by atoms with Gasteiger partial charge in [-0.1, -0.05) is 12.1 Å². The van der Waals surface area contributed by atoms with E-state index in [0.29, 0.717) is 5.56 Å². The summed E-state index contributed by atoms with van der Waals surface area (Å²) < 4.78 is 1.62. The summed E-state index contributed by atoms with van der Waals surface area (Å²) in [5, 5.41) is 9.55. The summed E-state index contributed by atoms with van der Waals surface area (Å²) in [4.78, 5) is 11.5. The number of nitrogens with zero attached hydrogens (tertiary/aromatic N) is 1. The Kier molecular flexibility index (Phi) is 2.80. The molecule has 3 heteroatoms. The number of Topliss-reactive ketones (excluding diaryl/α,β-unsaturated/α-hetero) is 1. The molecule has 2 aromatic rings. The molecule has 2 rings (SSSR count). The highest BCUT2D eigenvalue weighted by Gasteiger charge is 2.15. The Labute approximate surface area is 99.3 Å². The van der Waals surface area contributed by atoms with Crippen molar-refractivity contribution in [2.75, 3.05) is 0 Å². The van der Waals surface area contributed by atoms with Gasteiger partial charge in [0.25, 0.3) is 6.04 Å². The minimum absolute atomic E-state index is 0.0182. The number of pyridine rings is 1. The number of ketones is 1. The fourth-order valence-electron chi connectivity index (χ4n) is 1.96. The van der Waals surface area contributed by atoms with Crippen molar-refractivity contribution in [2.45, 2.75) is 13.8 Å². The van der Waals surface area contributed by atoms with E-state index in [4.69, 9.17) is 5.11 Å². The molecule has 0 aliphatic rings. The fourth-order valence-corrected chi connectivity index (χ4v) is 1.96. The lowest BCUT2D eigenvalue weighted by atomic mass is 10.0. The highest BCUT2D eigenvalue weighted by atomic mass is 16.2. The molecule has 0 aliphatic heterocycles. The van der Waals surface area contributed by atoms with Crippen LogP contribution in [0.4, 0.5) is 0 Å². The second kappa shape index (κ2) is 4.26. The maximum Gasteiger partial charge on any atom is 0.273 e. The number of carbonyl (C=O) groups is 1. The van der Waals surface area contributed by atoms with Gasteiger partial charge in [-0.25, -0.2) is 0 Å². The Morgan fingerprint density at radius 2 is 2.12 bits per heavy atom. The Morgan fingerprint density at radius 1 is 1.35 bits per heavy atom. The third-order valence-corrected chi connectivity index (χ3v) is 2.71. The summed E-state index contributed by atoms with van der Waals surface area (Å²) >= 11 is 0. The highest BCUT2D eigenvalue weighted by Crippen LogP contribution is 2.19. The van der Waals surface area contributed by atoms with E-state index in [2.05, 4.69) is 6.04 Å². The van der Waals surface area contributed by atoms with Gasteiger partial charge >= 0.3 is 0 Å². The lowest BCUT2D eigenvalue weighted by molar-refractivity contribution is -0.555. The smallest absolute Gasteiger partial charge is 0.273 e. The largest absolute Gasteiger partial charge is 0.458 e. The molecular formula is C14H12NO2+. The van der Waals surface area contributed by atoms with E-state index in [9.17, 15) is 4.79 Å². The predicted octanol–water partition coefficient (Wildman–Crippen LogP) is 1.78. The lowest BCUT2D eigenvalue weighted by Gasteiger charge is -2.02. The van der Waals surface area contributed by atoms with Gasteiger partial charge in [0, 0.05) is 17.2 Å². The quantitative estimate of drug-likeness (QED) is 0.457. The van der Waals surface area contributed by atoms with E-state index < -0.39 is 0 Å². The van der Waals surface area contributed by atoms with Gasteiger partial charge < -0.3 is 5.11 Å². The van der Waals surface area contributed by atoms with E-state index in [1.165, 1.54) is 0 Å². The first-order valence-corrected chi connectivity index (χ1v) is 5.25. The van der Waals surface area contributed by atoms with Crippen molar-refractivity contribution in [3.8, 4) is 12.2 Å². The van der Waals surface area contributed by atoms with Crippen molar-refractivity contribution in [3.63, 3.8) is 0 Å². The highest BCUT2D eigenvalue weighted by molar-refractivity contribution is 6.06. The predicted molar refractivity (Wildman–Crippen MR) is 64.0 cm³/mol. The molecule has 17 heavy (non-hydrogen) atoms. The average molecular weight is 226 g/mol. The number of hydrogen-bond donors (Lipinski definition) is 1. The Morgan fingerprint density at radius 3 is 2.76 bits per heavy atom. The molecule has 0 atom stereocenters. The molecule has 84 valence electrons. The van der Waals surface area contributed by atoms with Crippen LogP contribution in [0.1, 0.15) is 22.8 Å². The number of aryl methyl sites for hydroxylation is 1. The Hall–Kier alpha value is -2.34. The molecule has 1 aromatic heterocycles. The van der Waals surface area contributed by atoms with Gasteiger partial charge in [0.05, 0.1) is 5.39 Å². The molecule has 0 saturated heterocycles. The van der Waals surface area contributed by atoms with Gasteiger partial charge in [0.2, 0.25) is 5.52 Å². The zero-order chi connectivity index (χ0) is 12.4. The van der Waals surface area contributed by atoms with E-state index in [1.807, 2.05) is 31.2 Å². The molecule has 1 heterocycles. The average Bonchev–Trinajstić information content (AvgIpc) is 2.29. The third kappa shape index (κ3) is 1.85. The van der Waals surface area contributed by atoms with Crippen molar-refractivity contribution in [3.05, 3.63) is 41.6 Å². The van der Waals surface area contributed by atoms with Crippen molar-refractivity contribution in [1.29, 1.82) is 0 Å². The first kappa shape index (κ1) is 11.2. The Bertz CT molecular complexity index is 663. The number of benzene rings is 1. The van der Waals surface area contributed by atoms with E-state index in [0.717, 1.165) is 16.5 Å². The summed E-state index contributed by atoms with van der Waals surface area (Å²) in [5.74, 6) is 0.0182. The monoisotopic (exact) mass is 226 g/mol. The van der Waals surface area contributed by atoms with Gasteiger partial charge in [-0.3, -0.25) is 4.79 Å². The van der Waals surface area contributed by atoms with Crippen LogP contribution in [0.3, 0.4) is 0 Å². The maximum atomic E-state index is 11.5. The van der Waals surface area contributed by atoms with Gasteiger partial charge in [0.1, 0.15) is 0 Å². The molecule has 3 nitrogen and oxygen atoms in total. The normalized spacial score (nSPS) is 9.76. The summed E-state index contributed by atoms with van der Waals surface area (Å²) in [6.07, 6.45) is 3.63. The second-order valence-corrected chi connectivity index (χ2v) is 3.85. The zero-order valence-corrected chi connectivity index (χ0v) is 9.69. The molecule has 0 unspecified atom stereocenters. The van der Waals surface area contributed by atoms with Gasteiger partial charge in [-0.05, 0) is 19.9 Å². The molecular weight excluding hydrogens is 214 g/mol. The van der Waals surface area contributed by atoms with Gasteiger partial charge in [-0.15, -0.1) is 4.57 Å². The number of aliphatic hydroxyl groups excluding tert-OH is 1. The van der Waals surface area contributed by atoms with Crippen LogP contribution in [0.15, 0.2) is 30.5 Å². The van der Waals surface area contributed by atoms with Crippen molar-refractivity contribution < 1.29 is 14.5 Å². The minimum atomic E-state index is 0.0182. The fraction of sp³-hybridized carbons (Fsp3) is 0.143. The van der Waals surface area contributed by atoms with Crippen LogP contribution in [-0.4, -0.2) is 10.9 Å². The zero-order valence-electron chi connectivity index (χ0n) is 9.69. The molecule has 0 bridgehead atoms. The van der Waals surface area contributed by atoms with E-state index in [-0.39, 0.29) is 5.78 Å². The third-order valence-electron chi connectivity index (χ3n) is 2.71. The molecule has 0 saturated carbocycles. The second-order valence-electron chi connectivity index (χ2n) is 3.85. The standard InChI is InChI=1S/C14H11NO2/c1-10-5-6-12(11(2)17)13-4-3-7-15(8-9-16)14(10)13/h3-7H,1-2H3/p+1. The van der Waals surface area contributed by atoms with Crippen LogP contribution in [0.2, 0.25) is 0 Å². The van der Waals surface area contributed by atoms with Crippen molar-refractivity contribution in [1.82, 2.24) is 0 Å². The van der Waals surface area contributed by atoms with Crippen LogP contribution in [-0.2, 0) is 0 Å². The first-order chi connectivity index (χ1) is 8.15. The van der Waals surface area contributed by atoms with Crippen molar-refractivity contribution in [2.24, 2.45) is 0 Å². The van der Waals surface area contributed by atoms with Crippen LogP contribution < -0.4 is 4.57 Å². The number of hydrogen-bond acceptors (Lipinski definition) is 2. The van der Waals surface area contributed by atoms with E-state index >= 15 is 0 Å². The molecule has 0 aliphatic carbocycles. The van der Waals surface area contributed by atoms with Gasteiger partial charge in [0.15, 0.2) is 18.1 Å². The number of rotatable bonds is 1. The minimum Gasteiger partial charge on any atom is -0.458 e. The summed E-state index contributed by atoms with van der Waals surface area (Å²) in [6, 6.07) is 9.96. The number of carbonyl (C=O) groups excluding carboxylic acids is 1. The summed E-state index contributed by atoms with van der Waals surface area (Å²) in [6.45, 7) is 3.49. The lowest BCUT2D eigenvalue weighted by Crippen LogP contribution is -2.29. The van der Waals surface area contributed by atoms with Gasteiger partial charge in [-0.2, -0.15) is 0 Å². The molecule has 1 aromatic carbocycles. The molecule has 0 radical (unpaired) electrons. The first-order valence-electron chi connectivity index (χ1n) is 5.25.